The Labute approximate surface area is 102 Å². The van der Waals surface area contributed by atoms with Crippen LogP contribution in [0.5, 0.6) is 0 Å². The molecule has 1 unspecified atom stereocenters. The molecule has 7 heteroatoms. The molecule has 1 amide bonds. The second kappa shape index (κ2) is 5.60. The van der Waals surface area contributed by atoms with E-state index in [4.69, 9.17) is 16.7 Å². The highest BCUT2D eigenvalue weighted by molar-refractivity contribution is 6.31. The van der Waals surface area contributed by atoms with Gasteiger partial charge in [-0.25, -0.2) is 0 Å². The number of amides is 1. The van der Waals surface area contributed by atoms with Crippen molar-refractivity contribution in [2.24, 2.45) is 0 Å². The zero-order chi connectivity index (χ0) is 13.0. The predicted molar refractivity (Wildman–Crippen MR) is 62.1 cm³/mol. The van der Waals surface area contributed by atoms with E-state index in [0.29, 0.717) is 0 Å². The molecule has 0 aliphatic carbocycles. The van der Waals surface area contributed by atoms with Gasteiger partial charge in [-0.15, -0.1) is 0 Å². The van der Waals surface area contributed by atoms with Gasteiger partial charge in [0.2, 0.25) is 0 Å². The number of nitrogens with one attached hydrogen (secondary N) is 1. The van der Waals surface area contributed by atoms with Crippen molar-refractivity contribution in [3.8, 4) is 0 Å². The average molecular weight is 259 g/mol. The minimum Gasteiger partial charge on any atom is -0.394 e. The molecule has 0 saturated carbocycles. The molecule has 17 heavy (non-hydrogen) atoms. The molecule has 1 aromatic rings. The lowest BCUT2D eigenvalue weighted by Gasteiger charge is -2.10. The normalized spacial score (nSPS) is 11.9. The molecule has 0 saturated heterocycles. The van der Waals surface area contributed by atoms with Gasteiger partial charge in [0.1, 0.15) is 5.56 Å². The van der Waals surface area contributed by atoms with Gasteiger partial charge in [-0.3, -0.25) is 14.9 Å². The number of nitro benzene ring substituents is 1. The summed E-state index contributed by atoms with van der Waals surface area (Å²) in [6.07, 6.45) is 0. The largest absolute Gasteiger partial charge is 0.394 e. The van der Waals surface area contributed by atoms with Crippen molar-refractivity contribution in [1.29, 1.82) is 0 Å². The molecule has 92 valence electrons. The van der Waals surface area contributed by atoms with E-state index in [9.17, 15) is 14.9 Å². The topological polar surface area (TPSA) is 92.5 Å². The maximum absolute atomic E-state index is 11.7. The van der Waals surface area contributed by atoms with Gasteiger partial charge in [-0.2, -0.15) is 0 Å². The van der Waals surface area contributed by atoms with Gasteiger partial charge in [0.25, 0.3) is 11.6 Å². The number of aliphatic hydroxyl groups excluding tert-OH is 1. The number of hydrogen-bond acceptors (Lipinski definition) is 4. The number of halogens is 1. The SMILES string of the molecule is CC(CO)NC(=O)c1cc(Cl)ccc1[N+](=O)[O-]. The van der Waals surface area contributed by atoms with E-state index in [0.717, 1.165) is 0 Å². The van der Waals surface area contributed by atoms with Crippen LogP contribution < -0.4 is 5.32 Å². The maximum Gasteiger partial charge on any atom is 0.282 e. The minimum absolute atomic E-state index is 0.122. The first-order valence-electron chi connectivity index (χ1n) is 4.81. The molecule has 1 atom stereocenters. The first kappa shape index (κ1) is 13.4. The van der Waals surface area contributed by atoms with Crippen molar-refractivity contribution in [3.05, 3.63) is 38.9 Å². The third-order valence-electron chi connectivity index (χ3n) is 2.05. The van der Waals surface area contributed by atoms with Crippen LogP contribution in [-0.2, 0) is 0 Å². The molecule has 0 spiro atoms. The molecule has 0 aliphatic heterocycles. The predicted octanol–water partition coefficient (Wildman–Crippen LogP) is 1.36. The van der Waals surface area contributed by atoms with Crippen LogP contribution in [0.15, 0.2) is 18.2 Å². The third kappa shape index (κ3) is 3.40. The van der Waals surface area contributed by atoms with Gasteiger partial charge in [0.15, 0.2) is 0 Å². The molecule has 0 fully saturated rings. The Kier molecular flexibility index (Phi) is 4.42. The zero-order valence-corrected chi connectivity index (χ0v) is 9.77. The summed E-state index contributed by atoms with van der Waals surface area (Å²) in [4.78, 5) is 21.8. The molecule has 6 nitrogen and oxygen atoms in total. The van der Waals surface area contributed by atoms with Gasteiger partial charge >= 0.3 is 0 Å². The molecular formula is C10H11ClN2O4. The lowest BCUT2D eigenvalue weighted by Crippen LogP contribution is -2.35. The van der Waals surface area contributed by atoms with Crippen LogP contribution in [0.2, 0.25) is 5.02 Å². The molecule has 0 radical (unpaired) electrons. The van der Waals surface area contributed by atoms with E-state index in [2.05, 4.69) is 5.32 Å². The smallest absolute Gasteiger partial charge is 0.282 e. The highest BCUT2D eigenvalue weighted by Gasteiger charge is 2.21. The third-order valence-corrected chi connectivity index (χ3v) is 2.29. The lowest BCUT2D eigenvalue weighted by atomic mass is 10.1. The molecule has 0 bridgehead atoms. The van der Waals surface area contributed by atoms with Crippen LogP contribution >= 0.6 is 11.6 Å². The van der Waals surface area contributed by atoms with Crippen molar-refractivity contribution >= 4 is 23.2 Å². The van der Waals surface area contributed by atoms with Crippen molar-refractivity contribution in [1.82, 2.24) is 5.32 Å². The molecule has 0 aliphatic rings. The zero-order valence-electron chi connectivity index (χ0n) is 9.01. The van der Waals surface area contributed by atoms with Crippen LogP contribution in [0.3, 0.4) is 0 Å². The Morgan fingerprint density at radius 1 is 1.65 bits per heavy atom. The summed E-state index contributed by atoms with van der Waals surface area (Å²) in [5.74, 6) is -0.638. The molecule has 0 aromatic heterocycles. The maximum atomic E-state index is 11.7. The number of nitrogens with zero attached hydrogens (tertiary/aromatic N) is 1. The van der Waals surface area contributed by atoms with E-state index in [-0.39, 0.29) is 22.9 Å². The summed E-state index contributed by atoms with van der Waals surface area (Å²) in [6, 6.07) is 3.24. The Morgan fingerprint density at radius 2 is 2.29 bits per heavy atom. The fourth-order valence-electron chi connectivity index (χ4n) is 1.20. The fraction of sp³-hybridized carbons (Fsp3) is 0.300. The highest BCUT2D eigenvalue weighted by Crippen LogP contribution is 2.22. The van der Waals surface area contributed by atoms with Crippen LogP contribution in [-0.4, -0.2) is 28.6 Å². The van der Waals surface area contributed by atoms with Crippen LogP contribution in [0.4, 0.5) is 5.69 Å². The number of rotatable bonds is 4. The Balaban J connectivity index is 3.06. The molecule has 1 rings (SSSR count). The van der Waals surface area contributed by atoms with E-state index in [1.165, 1.54) is 18.2 Å². The van der Waals surface area contributed by atoms with Gasteiger partial charge < -0.3 is 10.4 Å². The number of carbonyl (C=O) groups excluding carboxylic acids is 1. The first-order valence-corrected chi connectivity index (χ1v) is 5.19. The van der Waals surface area contributed by atoms with Crippen molar-refractivity contribution in [2.75, 3.05) is 6.61 Å². The second-order valence-electron chi connectivity index (χ2n) is 3.48. The standard InChI is InChI=1S/C10H11ClN2O4/c1-6(5-14)12-10(15)8-4-7(11)2-3-9(8)13(16)17/h2-4,6,14H,5H2,1H3,(H,12,15). The number of carbonyl (C=O) groups is 1. The van der Waals surface area contributed by atoms with E-state index in [1.807, 2.05) is 0 Å². The monoisotopic (exact) mass is 258 g/mol. The molecule has 2 N–H and O–H groups in total. The average Bonchev–Trinajstić information content (AvgIpc) is 2.28. The highest BCUT2D eigenvalue weighted by atomic mass is 35.5. The summed E-state index contributed by atoms with van der Waals surface area (Å²) >= 11 is 5.68. The lowest BCUT2D eigenvalue weighted by molar-refractivity contribution is -0.385. The number of hydrogen-bond donors (Lipinski definition) is 2. The quantitative estimate of drug-likeness (QED) is 0.630. The Hall–Kier alpha value is -1.66. The summed E-state index contributed by atoms with van der Waals surface area (Å²) in [7, 11) is 0. The van der Waals surface area contributed by atoms with E-state index >= 15 is 0 Å². The number of nitro groups is 1. The molecular weight excluding hydrogens is 248 g/mol. The summed E-state index contributed by atoms with van der Waals surface area (Å²) in [5, 5.41) is 22.2. The number of aliphatic hydroxyl groups is 1. The number of benzene rings is 1. The Bertz CT molecular complexity index is 450. The van der Waals surface area contributed by atoms with Crippen LogP contribution in [0, 0.1) is 10.1 Å². The fourth-order valence-corrected chi connectivity index (χ4v) is 1.37. The Morgan fingerprint density at radius 3 is 2.82 bits per heavy atom. The molecule has 0 heterocycles. The van der Waals surface area contributed by atoms with Gasteiger partial charge in [0, 0.05) is 17.1 Å². The molecule has 1 aromatic carbocycles. The van der Waals surface area contributed by atoms with Crippen molar-refractivity contribution in [2.45, 2.75) is 13.0 Å². The summed E-state index contributed by atoms with van der Waals surface area (Å²) < 4.78 is 0. The minimum atomic E-state index is -0.658. The van der Waals surface area contributed by atoms with Gasteiger partial charge in [-0.1, -0.05) is 11.6 Å². The van der Waals surface area contributed by atoms with Crippen molar-refractivity contribution in [3.63, 3.8) is 0 Å². The van der Waals surface area contributed by atoms with Gasteiger partial charge in [-0.05, 0) is 19.1 Å². The van der Waals surface area contributed by atoms with Crippen LogP contribution in [0.1, 0.15) is 17.3 Å². The van der Waals surface area contributed by atoms with Crippen molar-refractivity contribution < 1.29 is 14.8 Å². The summed E-state index contributed by atoms with van der Waals surface area (Å²) in [6.45, 7) is 1.33. The van der Waals surface area contributed by atoms with Gasteiger partial charge in [0.05, 0.1) is 11.5 Å². The second-order valence-corrected chi connectivity index (χ2v) is 3.91. The van der Waals surface area contributed by atoms with E-state index < -0.39 is 16.9 Å². The van der Waals surface area contributed by atoms with Crippen LogP contribution in [0.25, 0.3) is 0 Å². The van der Waals surface area contributed by atoms with E-state index in [1.54, 1.807) is 6.92 Å². The summed E-state index contributed by atoms with van der Waals surface area (Å²) in [5.41, 5.74) is -0.445. The first-order chi connectivity index (χ1) is 7.95.